The Bertz CT molecular complexity index is 509. The van der Waals surface area contributed by atoms with Gasteiger partial charge in [-0.3, -0.25) is 4.79 Å². The summed E-state index contributed by atoms with van der Waals surface area (Å²) in [5.41, 5.74) is 0.998. The molecule has 6 heteroatoms. The monoisotopic (exact) mass is 304 g/mol. The van der Waals surface area contributed by atoms with Crippen LogP contribution in [0.5, 0.6) is 0 Å². The van der Waals surface area contributed by atoms with Crippen LogP contribution in [0, 0.1) is 18.8 Å². The predicted molar refractivity (Wildman–Crippen MR) is 83.6 cm³/mol. The van der Waals surface area contributed by atoms with E-state index in [1.165, 1.54) is 0 Å². The second kappa shape index (κ2) is 7.05. The molecule has 120 valence electrons. The van der Waals surface area contributed by atoms with Crippen LogP contribution < -0.4 is 10.2 Å². The Morgan fingerprint density at radius 3 is 2.91 bits per heavy atom. The Labute approximate surface area is 131 Å². The minimum absolute atomic E-state index is 0.0563. The Hall–Kier alpha value is -1.69. The van der Waals surface area contributed by atoms with Gasteiger partial charge in [0.25, 0.3) is 0 Å². The number of nitrogens with zero attached hydrogens (tertiary/aromatic N) is 3. The van der Waals surface area contributed by atoms with E-state index in [2.05, 4.69) is 20.2 Å². The minimum atomic E-state index is 0.0563. The zero-order valence-electron chi connectivity index (χ0n) is 13.1. The number of hydrogen-bond acceptors (Lipinski definition) is 5. The first-order valence-electron chi connectivity index (χ1n) is 8.12. The summed E-state index contributed by atoms with van der Waals surface area (Å²) in [5, 5.41) is 3.09. The van der Waals surface area contributed by atoms with Crippen molar-refractivity contribution in [2.45, 2.75) is 26.2 Å². The Kier molecular flexibility index (Phi) is 4.87. The first kappa shape index (κ1) is 15.2. The van der Waals surface area contributed by atoms with Crippen LogP contribution in [0.25, 0.3) is 0 Å². The van der Waals surface area contributed by atoms with Gasteiger partial charge in [0.2, 0.25) is 11.9 Å². The minimum Gasteiger partial charge on any atom is -0.381 e. The van der Waals surface area contributed by atoms with Crippen LogP contribution in [-0.4, -0.2) is 48.7 Å². The number of hydrogen-bond donors (Lipinski definition) is 1. The molecule has 2 aliphatic rings. The second-order valence-electron chi connectivity index (χ2n) is 6.23. The van der Waals surface area contributed by atoms with Gasteiger partial charge in [0.15, 0.2) is 0 Å². The van der Waals surface area contributed by atoms with Crippen molar-refractivity contribution < 1.29 is 9.53 Å². The first-order valence-corrected chi connectivity index (χ1v) is 8.12. The Morgan fingerprint density at radius 2 is 2.23 bits per heavy atom. The summed E-state index contributed by atoms with van der Waals surface area (Å²) in [7, 11) is 0. The fourth-order valence-electron chi connectivity index (χ4n) is 3.06. The molecular weight excluding hydrogens is 280 g/mol. The molecule has 1 unspecified atom stereocenters. The largest absolute Gasteiger partial charge is 0.381 e. The maximum atomic E-state index is 12.0. The molecule has 0 aliphatic carbocycles. The van der Waals surface area contributed by atoms with Gasteiger partial charge in [-0.25, -0.2) is 9.97 Å². The molecule has 1 aromatic heterocycles. The van der Waals surface area contributed by atoms with E-state index >= 15 is 0 Å². The van der Waals surface area contributed by atoms with Crippen LogP contribution in [0.1, 0.15) is 25.0 Å². The van der Waals surface area contributed by atoms with Gasteiger partial charge in [-0.1, -0.05) is 0 Å². The van der Waals surface area contributed by atoms with E-state index < -0.39 is 0 Å². The van der Waals surface area contributed by atoms with Crippen LogP contribution in [0.4, 0.5) is 5.95 Å². The molecule has 22 heavy (non-hydrogen) atoms. The number of aromatic nitrogens is 2. The maximum absolute atomic E-state index is 12.0. The quantitative estimate of drug-likeness (QED) is 0.904. The molecule has 6 nitrogen and oxygen atoms in total. The van der Waals surface area contributed by atoms with Crippen molar-refractivity contribution in [2.24, 2.45) is 11.8 Å². The third-order valence-corrected chi connectivity index (χ3v) is 4.54. The zero-order chi connectivity index (χ0) is 15.4. The fourth-order valence-corrected chi connectivity index (χ4v) is 3.06. The lowest BCUT2D eigenvalue weighted by Crippen LogP contribution is -2.40. The SMILES string of the molecule is Cc1ccnc(N2CCC(CNC(=O)C3CCOC3)CC2)n1. The highest BCUT2D eigenvalue weighted by Crippen LogP contribution is 2.20. The number of piperidine rings is 1. The number of aryl methyl sites for hydroxylation is 1. The number of ether oxygens (including phenoxy) is 1. The van der Waals surface area contributed by atoms with Gasteiger partial charge in [-0.15, -0.1) is 0 Å². The zero-order valence-corrected chi connectivity index (χ0v) is 13.1. The highest BCUT2D eigenvalue weighted by atomic mass is 16.5. The third kappa shape index (κ3) is 3.74. The van der Waals surface area contributed by atoms with E-state index in [1.807, 2.05) is 19.2 Å². The van der Waals surface area contributed by atoms with Gasteiger partial charge < -0.3 is 15.0 Å². The molecule has 0 aromatic carbocycles. The highest BCUT2D eigenvalue weighted by Gasteiger charge is 2.25. The highest BCUT2D eigenvalue weighted by molar-refractivity contribution is 5.78. The maximum Gasteiger partial charge on any atom is 0.225 e. The molecule has 0 radical (unpaired) electrons. The summed E-state index contributed by atoms with van der Waals surface area (Å²) < 4.78 is 5.26. The predicted octanol–water partition coefficient (Wildman–Crippen LogP) is 1.15. The summed E-state index contributed by atoms with van der Waals surface area (Å²) in [6.07, 6.45) is 4.81. The van der Waals surface area contributed by atoms with Crippen LogP contribution in [0.15, 0.2) is 12.3 Å². The molecule has 0 spiro atoms. The number of carbonyl (C=O) groups is 1. The van der Waals surface area contributed by atoms with E-state index in [0.29, 0.717) is 19.1 Å². The molecular formula is C16H24N4O2. The molecule has 3 rings (SSSR count). The standard InChI is InChI=1S/C16H24N4O2/c1-12-2-6-17-16(19-12)20-7-3-13(4-8-20)10-18-15(21)14-5-9-22-11-14/h2,6,13-14H,3-5,7-11H2,1H3,(H,18,21). The summed E-state index contributed by atoms with van der Waals surface area (Å²) in [6, 6.07) is 1.92. The van der Waals surface area contributed by atoms with Gasteiger partial charge >= 0.3 is 0 Å². The van der Waals surface area contributed by atoms with Gasteiger partial charge in [-0.05, 0) is 38.2 Å². The lowest BCUT2D eigenvalue weighted by atomic mass is 9.96. The van der Waals surface area contributed by atoms with Crippen molar-refractivity contribution in [2.75, 3.05) is 37.7 Å². The van der Waals surface area contributed by atoms with E-state index in [9.17, 15) is 4.79 Å². The molecule has 2 saturated heterocycles. The topological polar surface area (TPSA) is 67.4 Å². The van der Waals surface area contributed by atoms with E-state index in [4.69, 9.17) is 4.74 Å². The van der Waals surface area contributed by atoms with Crippen LogP contribution in [0.3, 0.4) is 0 Å². The molecule has 0 saturated carbocycles. The van der Waals surface area contributed by atoms with Crippen molar-refractivity contribution in [3.8, 4) is 0 Å². The number of carbonyl (C=O) groups excluding carboxylic acids is 1. The van der Waals surface area contributed by atoms with Crippen molar-refractivity contribution in [1.82, 2.24) is 15.3 Å². The number of anilines is 1. The molecule has 1 atom stereocenters. The molecule has 2 aliphatic heterocycles. The second-order valence-corrected chi connectivity index (χ2v) is 6.23. The normalized spacial score (nSPS) is 22.8. The van der Waals surface area contributed by atoms with E-state index in [-0.39, 0.29) is 11.8 Å². The van der Waals surface area contributed by atoms with Gasteiger partial charge in [-0.2, -0.15) is 0 Å². The number of rotatable bonds is 4. The first-order chi connectivity index (χ1) is 10.7. The lowest BCUT2D eigenvalue weighted by molar-refractivity contribution is -0.125. The van der Waals surface area contributed by atoms with Crippen LogP contribution in [-0.2, 0) is 9.53 Å². The van der Waals surface area contributed by atoms with Crippen LogP contribution in [0.2, 0.25) is 0 Å². The smallest absolute Gasteiger partial charge is 0.225 e. The van der Waals surface area contributed by atoms with Gasteiger partial charge in [0.05, 0.1) is 12.5 Å². The summed E-state index contributed by atoms with van der Waals surface area (Å²) in [6.45, 7) is 5.97. The number of nitrogens with one attached hydrogen (secondary N) is 1. The molecule has 0 bridgehead atoms. The molecule has 1 amide bonds. The average molecular weight is 304 g/mol. The van der Waals surface area contributed by atoms with E-state index in [1.54, 1.807) is 0 Å². The van der Waals surface area contributed by atoms with Gasteiger partial charge in [0.1, 0.15) is 0 Å². The third-order valence-electron chi connectivity index (χ3n) is 4.54. The molecule has 2 fully saturated rings. The van der Waals surface area contributed by atoms with Crippen molar-refractivity contribution >= 4 is 11.9 Å². The fraction of sp³-hybridized carbons (Fsp3) is 0.688. The summed E-state index contributed by atoms with van der Waals surface area (Å²) >= 11 is 0. The average Bonchev–Trinajstić information content (AvgIpc) is 3.08. The van der Waals surface area contributed by atoms with Crippen molar-refractivity contribution in [1.29, 1.82) is 0 Å². The molecule has 1 N–H and O–H groups in total. The summed E-state index contributed by atoms with van der Waals surface area (Å²) in [5.74, 6) is 1.58. The van der Waals surface area contributed by atoms with Crippen molar-refractivity contribution in [3.05, 3.63) is 18.0 Å². The lowest BCUT2D eigenvalue weighted by Gasteiger charge is -2.32. The molecule has 3 heterocycles. The molecule has 1 aromatic rings. The Balaban J connectivity index is 1.43. The van der Waals surface area contributed by atoms with Gasteiger partial charge in [0, 0.05) is 38.1 Å². The Morgan fingerprint density at radius 1 is 1.41 bits per heavy atom. The van der Waals surface area contributed by atoms with Crippen LogP contribution >= 0.6 is 0 Å². The van der Waals surface area contributed by atoms with Crippen molar-refractivity contribution in [3.63, 3.8) is 0 Å². The van der Waals surface area contributed by atoms with E-state index in [0.717, 1.165) is 50.5 Å². The summed E-state index contributed by atoms with van der Waals surface area (Å²) in [4.78, 5) is 23.0. The number of amides is 1.